The first-order valence-electron chi connectivity index (χ1n) is 5.74. The molecule has 3 rings (SSSR count). The van der Waals surface area contributed by atoms with Crippen LogP contribution in [-0.4, -0.2) is 24.2 Å². The van der Waals surface area contributed by atoms with Gasteiger partial charge in [-0.25, -0.2) is 0 Å². The molecule has 0 saturated heterocycles. The van der Waals surface area contributed by atoms with Crippen molar-refractivity contribution in [2.24, 2.45) is 34.5 Å². The minimum atomic E-state index is -0.705. The highest BCUT2D eigenvalue weighted by Gasteiger charge is 2.88. The predicted molar refractivity (Wildman–Crippen MR) is 54.4 cm³/mol. The van der Waals surface area contributed by atoms with E-state index in [-0.39, 0.29) is 35.1 Å². The molecule has 0 bridgehead atoms. The zero-order valence-corrected chi connectivity index (χ0v) is 9.69. The van der Waals surface area contributed by atoms with Gasteiger partial charge in [0.15, 0.2) is 0 Å². The van der Waals surface area contributed by atoms with Crippen LogP contribution in [0.15, 0.2) is 0 Å². The lowest BCUT2D eigenvalue weighted by Gasteiger charge is -2.83. The number of ether oxygens (including phenoxy) is 1. The lowest BCUT2D eigenvalue weighted by molar-refractivity contribution is -0.371. The SMILES string of the molecule is COC(=O)C12CC3C1C(C2C)C3(C)C(=O)O. The Morgan fingerprint density at radius 1 is 1.38 bits per heavy atom. The van der Waals surface area contributed by atoms with E-state index in [2.05, 4.69) is 0 Å². The summed E-state index contributed by atoms with van der Waals surface area (Å²) in [6.45, 7) is 3.83. The van der Waals surface area contributed by atoms with Gasteiger partial charge in [-0.15, -0.1) is 0 Å². The summed E-state index contributed by atoms with van der Waals surface area (Å²) < 4.78 is 4.86. The minimum Gasteiger partial charge on any atom is -0.481 e. The lowest BCUT2D eigenvalue weighted by Crippen LogP contribution is -2.86. The minimum absolute atomic E-state index is 0.134. The van der Waals surface area contributed by atoms with Crippen LogP contribution in [-0.2, 0) is 14.3 Å². The number of carbonyl (C=O) groups excluding carboxylic acids is 1. The van der Waals surface area contributed by atoms with Crippen LogP contribution in [0.2, 0.25) is 0 Å². The largest absolute Gasteiger partial charge is 0.481 e. The molecule has 0 aromatic heterocycles. The molecule has 1 N–H and O–H groups in total. The quantitative estimate of drug-likeness (QED) is 0.715. The van der Waals surface area contributed by atoms with Crippen molar-refractivity contribution < 1.29 is 19.4 Å². The second kappa shape index (κ2) is 2.44. The van der Waals surface area contributed by atoms with Crippen molar-refractivity contribution in [3.8, 4) is 0 Å². The standard InChI is InChI=1S/C12H16O4/c1-5-7-8-6(11(7,2)9(13)14)4-12(5,8)10(15)16-3/h5-8H,4H2,1-3H3,(H,13,14). The van der Waals surface area contributed by atoms with Crippen LogP contribution in [0.25, 0.3) is 0 Å². The van der Waals surface area contributed by atoms with Crippen molar-refractivity contribution in [2.45, 2.75) is 20.3 Å². The Kier molecular flexibility index (Phi) is 1.54. The summed E-state index contributed by atoms with van der Waals surface area (Å²) in [6, 6.07) is 0. The zero-order chi connectivity index (χ0) is 11.9. The highest BCUT2D eigenvalue weighted by Crippen LogP contribution is 2.86. The molecule has 0 amide bonds. The average molecular weight is 224 g/mol. The van der Waals surface area contributed by atoms with Gasteiger partial charge >= 0.3 is 11.9 Å². The van der Waals surface area contributed by atoms with E-state index in [1.54, 1.807) is 0 Å². The summed E-state index contributed by atoms with van der Waals surface area (Å²) in [5, 5.41) is 9.29. The Bertz CT molecular complexity index is 396. The molecule has 0 spiro atoms. The number of carbonyl (C=O) groups is 2. The molecular formula is C12H16O4. The lowest BCUT2D eigenvalue weighted by atomic mass is 9.18. The summed E-state index contributed by atoms with van der Waals surface area (Å²) in [5.41, 5.74) is -0.932. The van der Waals surface area contributed by atoms with Gasteiger partial charge in [0.25, 0.3) is 0 Å². The smallest absolute Gasteiger partial charge is 0.312 e. The van der Waals surface area contributed by atoms with Gasteiger partial charge in [0.2, 0.25) is 0 Å². The van der Waals surface area contributed by atoms with Gasteiger partial charge in [0.1, 0.15) is 0 Å². The second-order valence-electron chi connectivity index (χ2n) is 5.77. The van der Waals surface area contributed by atoms with E-state index < -0.39 is 11.4 Å². The number of hydrogen-bond donors (Lipinski definition) is 1. The molecule has 0 radical (unpaired) electrons. The normalized spacial score (nSPS) is 56.2. The molecule has 88 valence electrons. The molecule has 6 atom stereocenters. The molecule has 0 aromatic carbocycles. The van der Waals surface area contributed by atoms with Gasteiger partial charge in [0, 0.05) is 0 Å². The van der Waals surface area contributed by atoms with Gasteiger partial charge in [-0.05, 0) is 37.0 Å². The van der Waals surface area contributed by atoms with Crippen molar-refractivity contribution in [3.05, 3.63) is 0 Å². The Labute approximate surface area is 94.0 Å². The van der Waals surface area contributed by atoms with Gasteiger partial charge < -0.3 is 9.84 Å². The monoisotopic (exact) mass is 224 g/mol. The van der Waals surface area contributed by atoms with Gasteiger partial charge in [-0.1, -0.05) is 6.92 Å². The number of carboxylic acid groups (broad SMARTS) is 1. The molecule has 0 heterocycles. The Morgan fingerprint density at radius 3 is 2.38 bits per heavy atom. The molecule has 3 fully saturated rings. The summed E-state index contributed by atoms with van der Waals surface area (Å²) in [4.78, 5) is 23.1. The number of esters is 1. The van der Waals surface area contributed by atoms with E-state index >= 15 is 0 Å². The predicted octanol–water partition coefficient (Wildman–Crippen LogP) is 1.15. The fourth-order valence-corrected chi connectivity index (χ4v) is 4.90. The van der Waals surface area contributed by atoms with Crippen molar-refractivity contribution in [2.75, 3.05) is 7.11 Å². The molecule has 16 heavy (non-hydrogen) atoms. The molecule has 0 aliphatic heterocycles. The number of carboxylic acids is 1. The summed E-state index contributed by atoms with van der Waals surface area (Å²) in [6.07, 6.45) is 0.699. The third kappa shape index (κ3) is 0.634. The van der Waals surface area contributed by atoms with E-state index in [1.807, 2.05) is 13.8 Å². The highest BCUT2D eigenvalue weighted by molar-refractivity contribution is 5.87. The maximum Gasteiger partial charge on any atom is 0.312 e. The van der Waals surface area contributed by atoms with Crippen LogP contribution in [0, 0.1) is 34.5 Å². The van der Waals surface area contributed by atoms with Crippen LogP contribution in [0.3, 0.4) is 0 Å². The van der Waals surface area contributed by atoms with Crippen molar-refractivity contribution >= 4 is 11.9 Å². The maximum absolute atomic E-state index is 11.8. The molecule has 6 unspecified atom stereocenters. The van der Waals surface area contributed by atoms with Gasteiger partial charge in [-0.2, -0.15) is 0 Å². The van der Waals surface area contributed by atoms with E-state index in [0.717, 1.165) is 0 Å². The summed E-state index contributed by atoms with van der Waals surface area (Å²) >= 11 is 0. The first-order chi connectivity index (χ1) is 7.42. The molecule has 3 saturated carbocycles. The molecule has 0 aromatic rings. The van der Waals surface area contributed by atoms with E-state index in [4.69, 9.17) is 4.74 Å². The van der Waals surface area contributed by atoms with Gasteiger partial charge in [-0.3, -0.25) is 9.59 Å². The molecule has 4 heteroatoms. The van der Waals surface area contributed by atoms with Crippen LogP contribution in [0.4, 0.5) is 0 Å². The van der Waals surface area contributed by atoms with Crippen LogP contribution in [0.1, 0.15) is 20.3 Å². The van der Waals surface area contributed by atoms with Crippen LogP contribution < -0.4 is 0 Å². The van der Waals surface area contributed by atoms with E-state index in [0.29, 0.717) is 6.42 Å². The average Bonchev–Trinajstić information content (AvgIpc) is 2.22. The Balaban J connectivity index is 1.91. The van der Waals surface area contributed by atoms with Crippen molar-refractivity contribution in [3.63, 3.8) is 0 Å². The first kappa shape index (κ1) is 10.1. The number of rotatable bonds is 2. The fourth-order valence-electron chi connectivity index (χ4n) is 4.90. The third-order valence-electron chi connectivity index (χ3n) is 5.81. The highest BCUT2D eigenvalue weighted by atomic mass is 16.5. The third-order valence-corrected chi connectivity index (χ3v) is 5.81. The number of hydrogen-bond acceptors (Lipinski definition) is 3. The van der Waals surface area contributed by atoms with Crippen LogP contribution >= 0.6 is 0 Å². The molecule has 3 aliphatic carbocycles. The van der Waals surface area contributed by atoms with Crippen molar-refractivity contribution in [1.82, 2.24) is 0 Å². The summed E-state index contributed by atoms with van der Waals surface area (Å²) in [5.74, 6) is -0.0612. The van der Waals surface area contributed by atoms with E-state index in [9.17, 15) is 14.7 Å². The van der Waals surface area contributed by atoms with E-state index in [1.165, 1.54) is 7.11 Å². The number of aliphatic carboxylic acids is 1. The van der Waals surface area contributed by atoms with Crippen molar-refractivity contribution in [1.29, 1.82) is 0 Å². The topological polar surface area (TPSA) is 63.6 Å². The fraction of sp³-hybridized carbons (Fsp3) is 0.833. The first-order valence-corrected chi connectivity index (χ1v) is 5.74. The number of methoxy groups -OCH3 is 1. The Hall–Kier alpha value is -1.06. The maximum atomic E-state index is 11.8. The second-order valence-corrected chi connectivity index (χ2v) is 5.77. The molecular weight excluding hydrogens is 208 g/mol. The Morgan fingerprint density at radius 2 is 2.00 bits per heavy atom. The molecule has 3 aliphatic rings. The molecule has 4 nitrogen and oxygen atoms in total. The van der Waals surface area contributed by atoms with Crippen LogP contribution in [0.5, 0.6) is 0 Å². The van der Waals surface area contributed by atoms with Gasteiger partial charge in [0.05, 0.1) is 17.9 Å². The zero-order valence-electron chi connectivity index (χ0n) is 9.69. The summed E-state index contributed by atoms with van der Waals surface area (Å²) in [7, 11) is 1.42.